The molecule has 4 aromatic rings. The fraction of sp³-hybridized carbons (Fsp3) is 0.440. The Bertz CT molecular complexity index is 1560. The molecule has 192 valence electrons. The fourth-order valence-electron chi connectivity index (χ4n) is 5.35. The van der Waals surface area contributed by atoms with Crippen LogP contribution in [-0.4, -0.2) is 49.9 Å². The summed E-state index contributed by atoms with van der Waals surface area (Å²) < 4.78 is 6.19. The molecule has 3 aromatic heterocycles. The van der Waals surface area contributed by atoms with Gasteiger partial charge in [-0.2, -0.15) is 15.3 Å². The van der Waals surface area contributed by atoms with E-state index in [2.05, 4.69) is 38.1 Å². The number of anilines is 1. The third kappa shape index (κ3) is 4.79. The predicted octanol–water partition coefficient (Wildman–Crippen LogP) is 5.33. The Kier molecular flexibility index (Phi) is 6.20. The highest BCUT2D eigenvalue weighted by Gasteiger charge is 2.38. The van der Waals surface area contributed by atoms with E-state index in [-0.39, 0.29) is 11.1 Å². The van der Waals surface area contributed by atoms with Gasteiger partial charge in [0.1, 0.15) is 17.4 Å². The van der Waals surface area contributed by atoms with E-state index < -0.39 is 11.7 Å². The molecule has 1 amide bonds. The Balaban J connectivity index is 1.43. The second-order valence-electron chi connectivity index (χ2n) is 10.4. The topological polar surface area (TPSA) is 147 Å². The summed E-state index contributed by atoms with van der Waals surface area (Å²) >= 11 is 8.26. The lowest BCUT2D eigenvalue weighted by atomic mass is 9.73. The number of hydrogen-bond donors (Lipinski definition) is 2. The summed E-state index contributed by atoms with van der Waals surface area (Å²) in [5, 5.41) is 19.4. The van der Waals surface area contributed by atoms with Crippen molar-refractivity contribution in [2.45, 2.75) is 52.6 Å². The molecule has 1 aliphatic heterocycles. The summed E-state index contributed by atoms with van der Waals surface area (Å²) in [6.07, 6.45) is 1.62. The highest BCUT2D eigenvalue weighted by Crippen LogP contribution is 2.42. The smallest absolute Gasteiger partial charge is 0.405 e. The molecule has 1 saturated heterocycles. The molecule has 12 heteroatoms. The van der Waals surface area contributed by atoms with Crippen molar-refractivity contribution in [3.63, 3.8) is 0 Å². The third-order valence-electron chi connectivity index (χ3n) is 6.86. The number of nitrogens with two attached hydrogens (primary N) is 1. The van der Waals surface area contributed by atoms with Crippen molar-refractivity contribution in [3.05, 3.63) is 27.9 Å². The first-order valence-electron chi connectivity index (χ1n) is 11.9. The van der Waals surface area contributed by atoms with Gasteiger partial charge >= 0.3 is 6.09 Å². The first kappa shape index (κ1) is 25.2. The van der Waals surface area contributed by atoms with Crippen molar-refractivity contribution in [2.24, 2.45) is 11.1 Å². The van der Waals surface area contributed by atoms with Crippen LogP contribution in [0.15, 0.2) is 12.1 Å². The molecule has 0 unspecified atom stereocenters. The molecule has 1 aromatic carbocycles. The third-order valence-corrected chi connectivity index (χ3v) is 8.36. The second-order valence-corrected chi connectivity index (χ2v) is 12.0. The number of halogens is 1. The number of hydrogen-bond acceptors (Lipinski definition) is 9. The molecule has 0 bridgehead atoms. The van der Waals surface area contributed by atoms with Crippen LogP contribution in [0.5, 0.6) is 0 Å². The standard InChI is InChI=1S/C25H27ClN8O2S/c1-13-29-15-6-5-14(18(26)20(15)37-13)19-17-16(11-27)30-23(31-21(17)33-32-19)34-9-7-25(4,8-10-34)12-24(2,3)36-22(28)35/h5-6H,7-10,12H2,1-4H3,(H2,28,35)(H,30,31,32,33). The summed E-state index contributed by atoms with van der Waals surface area (Å²) in [6, 6.07) is 5.99. The number of ether oxygens (including phenoxy) is 1. The lowest BCUT2D eigenvalue weighted by molar-refractivity contribution is 0.00147. The number of aryl methyl sites for hydroxylation is 1. The number of carbonyl (C=O) groups is 1. The first-order valence-corrected chi connectivity index (χ1v) is 13.1. The molecule has 37 heavy (non-hydrogen) atoms. The van der Waals surface area contributed by atoms with Crippen LogP contribution >= 0.6 is 22.9 Å². The minimum Gasteiger partial charge on any atom is -0.444 e. The minimum atomic E-state index is -0.765. The van der Waals surface area contributed by atoms with Crippen molar-refractivity contribution in [3.8, 4) is 17.3 Å². The number of nitrogens with zero attached hydrogens (tertiary/aromatic N) is 6. The fourth-order valence-corrected chi connectivity index (χ4v) is 6.57. The Hall–Kier alpha value is -3.49. The summed E-state index contributed by atoms with van der Waals surface area (Å²) in [5.74, 6) is 0.480. The van der Waals surface area contributed by atoms with E-state index in [1.165, 1.54) is 11.3 Å². The van der Waals surface area contributed by atoms with E-state index in [9.17, 15) is 10.1 Å². The van der Waals surface area contributed by atoms with Crippen LogP contribution in [0.3, 0.4) is 0 Å². The zero-order valence-corrected chi connectivity index (χ0v) is 22.6. The number of carbonyl (C=O) groups excluding carboxylic acids is 1. The van der Waals surface area contributed by atoms with Gasteiger partial charge in [0.15, 0.2) is 11.3 Å². The van der Waals surface area contributed by atoms with E-state index in [1.54, 1.807) is 0 Å². The number of aromatic amines is 1. The summed E-state index contributed by atoms with van der Waals surface area (Å²) in [5.41, 5.74) is 7.35. The average molecular weight is 539 g/mol. The van der Waals surface area contributed by atoms with E-state index in [1.807, 2.05) is 32.9 Å². The van der Waals surface area contributed by atoms with Crippen LogP contribution in [-0.2, 0) is 4.74 Å². The number of rotatable bonds is 5. The minimum absolute atomic E-state index is 0.0385. The molecular formula is C25H27ClN8O2S. The number of nitrogens with one attached hydrogen (secondary N) is 1. The molecule has 0 saturated carbocycles. The Labute approximate surface area is 222 Å². The van der Waals surface area contributed by atoms with Gasteiger partial charge in [0, 0.05) is 18.7 Å². The van der Waals surface area contributed by atoms with E-state index in [0.29, 0.717) is 52.8 Å². The Morgan fingerprint density at radius 1 is 1.32 bits per heavy atom. The van der Waals surface area contributed by atoms with Crippen LogP contribution in [0, 0.1) is 23.7 Å². The van der Waals surface area contributed by atoms with Crippen LogP contribution < -0.4 is 10.6 Å². The Morgan fingerprint density at radius 2 is 2.05 bits per heavy atom. The van der Waals surface area contributed by atoms with Gasteiger partial charge in [-0.15, -0.1) is 11.3 Å². The molecule has 0 spiro atoms. The van der Waals surface area contributed by atoms with Gasteiger partial charge in [-0.3, -0.25) is 5.10 Å². The number of benzene rings is 1. The molecule has 10 nitrogen and oxygen atoms in total. The van der Waals surface area contributed by atoms with E-state index in [0.717, 1.165) is 28.1 Å². The van der Waals surface area contributed by atoms with Gasteiger partial charge in [-0.25, -0.2) is 14.8 Å². The molecule has 1 fully saturated rings. The van der Waals surface area contributed by atoms with Crippen molar-refractivity contribution < 1.29 is 9.53 Å². The van der Waals surface area contributed by atoms with Gasteiger partial charge in [0.05, 0.1) is 25.6 Å². The molecule has 3 N–H and O–H groups in total. The monoisotopic (exact) mass is 538 g/mol. The zero-order chi connectivity index (χ0) is 26.5. The first-order chi connectivity index (χ1) is 17.5. The summed E-state index contributed by atoms with van der Waals surface area (Å²) in [4.78, 5) is 27.2. The molecule has 5 rings (SSSR count). The zero-order valence-electron chi connectivity index (χ0n) is 21.1. The van der Waals surface area contributed by atoms with Crippen molar-refractivity contribution >= 4 is 56.2 Å². The quantitative estimate of drug-likeness (QED) is 0.346. The Morgan fingerprint density at radius 3 is 2.73 bits per heavy atom. The van der Waals surface area contributed by atoms with Crippen LogP contribution in [0.2, 0.25) is 5.02 Å². The van der Waals surface area contributed by atoms with Crippen molar-refractivity contribution in [1.29, 1.82) is 5.26 Å². The highest BCUT2D eigenvalue weighted by atomic mass is 35.5. The number of nitriles is 1. The number of piperidine rings is 1. The van der Waals surface area contributed by atoms with Gasteiger partial charge in [0.2, 0.25) is 5.95 Å². The SMILES string of the molecule is Cc1nc2ccc(-c3n[nH]c4nc(N5CCC(C)(CC(C)(C)OC(N)=O)CC5)nc(C#N)c34)c(Cl)c2s1. The van der Waals surface area contributed by atoms with E-state index >= 15 is 0 Å². The maximum absolute atomic E-state index is 11.3. The maximum atomic E-state index is 11.3. The van der Waals surface area contributed by atoms with E-state index in [4.69, 9.17) is 27.1 Å². The maximum Gasteiger partial charge on any atom is 0.405 e. The average Bonchev–Trinajstić information content (AvgIpc) is 3.41. The number of fused-ring (bicyclic) bond motifs is 2. The van der Waals surface area contributed by atoms with Crippen LogP contribution in [0.1, 0.15) is 50.7 Å². The molecular weight excluding hydrogens is 512 g/mol. The summed E-state index contributed by atoms with van der Waals surface area (Å²) in [7, 11) is 0. The molecule has 0 aliphatic carbocycles. The molecule has 1 aliphatic rings. The highest BCUT2D eigenvalue weighted by molar-refractivity contribution is 7.19. The number of H-pyrrole nitrogens is 1. The van der Waals surface area contributed by atoms with Gasteiger partial charge in [-0.05, 0) is 57.6 Å². The number of primary amides is 1. The molecule has 4 heterocycles. The van der Waals surface area contributed by atoms with Gasteiger partial charge < -0.3 is 15.4 Å². The largest absolute Gasteiger partial charge is 0.444 e. The van der Waals surface area contributed by atoms with Crippen LogP contribution in [0.25, 0.3) is 32.5 Å². The number of amides is 1. The lowest BCUT2D eigenvalue weighted by Gasteiger charge is -2.43. The number of thiazole rings is 1. The second kappa shape index (κ2) is 9.11. The van der Waals surface area contributed by atoms with Crippen LogP contribution in [0.4, 0.5) is 10.7 Å². The van der Waals surface area contributed by atoms with Gasteiger partial charge in [-0.1, -0.05) is 18.5 Å². The predicted molar refractivity (Wildman–Crippen MR) is 144 cm³/mol. The van der Waals surface area contributed by atoms with Gasteiger partial charge in [0.25, 0.3) is 0 Å². The molecule has 0 atom stereocenters. The van der Waals surface area contributed by atoms with Crippen molar-refractivity contribution in [2.75, 3.05) is 18.0 Å². The normalized spacial score (nSPS) is 15.7. The summed E-state index contributed by atoms with van der Waals surface area (Å²) in [6.45, 7) is 9.28. The van der Waals surface area contributed by atoms with Crippen molar-refractivity contribution in [1.82, 2.24) is 25.1 Å². The molecule has 0 radical (unpaired) electrons. The number of aromatic nitrogens is 5. The lowest BCUT2D eigenvalue weighted by Crippen LogP contribution is -2.44.